The zero-order chi connectivity index (χ0) is 38.2. The highest BCUT2D eigenvalue weighted by molar-refractivity contribution is 6.04. The number of aromatic amines is 2. The van der Waals surface area contributed by atoms with Gasteiger partial charge in [-0.05, 0) is 143 Å². The van der Waals surface area contributed by atoms with Crippen molar-refractivity contribution in [1.29, 1.82) is 0 Å². The highest BCUT2D eigenvalue weighted by atomic mass is 14.8. The minimum atomic E-state index is 0.805. The molecule has 0 saturated carbocycles. The van der Waals surface area contributed by atoms with Gasteiger partial charge in [-0.3, -0.25) is 19.9 Å². The molecule has 0 amide bonds. The number of H-pyrrole nitrogens is 2. The molecule has 8 bridgehead atoms. The highest BCUT2D eigenvalue weighted by Gasteiger charge is 2.25. The van der Waals surface area contributed by atoms with Crippen LogP contribution >= 0.6 is 0 Å². The third kappa shape index (κ3) is 6.04. The van der Waals surface area contributed by atoms with Crippen LogP contribution in [0, 0.1) is 0 Å². The summed E-state index contributed by atoms with van der Waals surface area (Å²) in [5.41, 5.74) is 21.5. The third-order valence-corrected chi connectivity index (χ3v) is 11.0. The number of nitrogens with zero attached hydrogens (tertiary/aromatic N) is 6. The fourth-order valence-corrected chi connectivity index (χ4v) is 8.52. The summed E-state index contributed by atoms with van der Waals surface area (Å²) in [4.78, 5) is 36.2. The van der Waals surface area contributed by atoms with Crippen LogP contribution in [-0.4, -0.2) is 39.9 Å². The Bertz CT molecular complexity index is 2820. The summed E-state index contributed by atoms with van der Waals surface area (Å²) in [7, 11) is 0. The van der Waals surface area contributed by atoms with Gasteiger partial charge in [0, 0.05) is 93.9 Å². The van der Waals surface area contributed by atoms with Gasteiger partial charge < -0.3 is 9.97 Å². The molecule has 0 radical (unpaired) electrons. The molecule has 56 heavy (non-hydrogen) atoms. The SMILES string of the molecule is CCC1=C(c2ccncc2)c2cc3[nH]c(cc4nc(cc5[nH]c(cc1n2)c(-c1ccncc1)c5CC)C(CC)=C4c1ccncc1)c(-c1ccncc1)c3CC. The molecule has 8 nitrogen and oxygen atoms in total. The van der Waals surface area contributed by atoms with Crippen molar-refractivity contribution < 1.29 is 0 Å². The minimum absolute atomic E-state index is 0.805. The van der Waals surface area contributed by atoms with Crippen molar-refractivity contribution in [2.45, 2.75) is 53.4 Å². The van der Waals surface area contributed by atoms with Crippen LogP contribution in [0.4, 0.5) is 0 Å². The van der Waals surface area contributed by atoms with Crippen LogP contribution in [-0.2, 0) is 12.8 Å². The maximum Gasteiger partial charge on any atom is 0.0739 e. The van der Waals surface area contributed by atoms with Crippen molar-refractivity contribution in [1.82, 2.24) is 39.9 Å². The minimum Gasteiger partial charge on any atom is -0.355 e. The number of aromatic nitrogens is 8. The Morgan fingerprint density at radius 1 is 0.375 bits per heavy atom. The van der Waals surface area contributed by atoms with E-state index in [2.05, 4.69) is 130 Å². The Labute approximate surface area is 326 Å². The molecule has 274 valence electrons. The smallest absolute Gasteiger partial charge is 0.0739 e. The van der Waals surface area contributed by atoms with Gasteiger partial charge in [-0.25, -0.2) is 9.97 Å². The van der Waals surface area contributed by atoms with Gasteiger partial charge in [-0.2, -0.15) is 0 Å². The number of hydrogen-bond acceptors (Lipinski definition) is 6. The lowest BCUT2D eigenvalue weighted by Gasteiger charge is -2.07. The lowest BCUT2D eigenvalue weighted by atomic mass is 9.94. The molecular formula is C48H42N8. The van der Waals surface area contributed by atoms with Crippen molar-refractivity contribution in [3.05, 3.63) is 167 Å². The molecule has 0 saturated heterocycles. The summed E-state index contributed by atoms with van der Waals surface area (Å²) in [6.07, 6.45) is 18.1. The lowest BCUT2D eigenvalue weighted by Crippen LogP contribution is -1.89. The van der Waals surface area contributed by atoms with Crippen LogP contribution in [0.25, 0.3) is 66.6 Å². The first-order valence-electron chi connectivity index (χ1n) is 19.5. The zero-order valence-corrected chi connectivity index (χ0v) is 32.1. The Hall–Kier alpha value is -6.80. The largest absolute Gasteiger partial charge is 0.355 e. The Kier molecular flexibility index (Phi) is 9.23. The van der Waals surface area contributed by atoms with E-state index >= 15 is 0 Å². The maximum absolute atomic E-state index is 5.48. The molecule has 8 heteroatoms. The third-order valence-electron chi connectivity index (χ3n) is 11.0. The number of nitrogens with one attached hydrogen (secondary N) is 2. The van der Waals surface area contributed by atoms with E-state index in [0.29, 0.717) is 0 Å². The monoisotopic (exact) mass is 730 g/mol. The summed E-state index contributed by atoms with van der Waals surface area (Å²) in [5.74, 6) is 0. The first kappa shape index (κ1) is 34.9. The molecule has 7 aromatic heterocycles. The Balaban J connectivity index is 1.50. The van der Waals surface area contributed by atoms with Crippen molar-refractivity contribution >= 4 is 44.4 Å². The first-order chi connectivity index (χ1) is 27.6. The molecule has 0 fully saturated rings. The van der Waals surface area contributed by atoms with Gasteiger partial charge in [0.2, 0.25) is 0 Å². The standard InChI is InChI=1S/C48H42N8/c1-5-33-37-25-38-34(6-2)47(31-13-21-51-22-14-31)43(54-38)28-44-48(32-15-23-52-24-16-32)36(8-4)40(56-44)27-42-46(30-11-19-50-20-12-30)35(7-3)39(55-42)26-41(53-37)45(33)29-9-17-49-18-10-29/h9-28,53,56H,5-8H2,1-4H3. The second kappa shape index (κ2) is 14.8. The van der Waals surface area contributed by atoms with E-state index in [4.69, 9.17) is 9.97 Å². The molecule has 9 heterocycles. The van der Waals surface area contributed by atoms with Crippen molar-refractivity contribution in [3.63, 3.8) is 0 Å². The summed E-state index contributed by atoms with van der Waals surface area (Å²) in [6, 6.07) is 25.6. The average Bonchev–Trinajstić information content (AvgIpc) is 3.98. The number of fused-ring (bicyclic) bond motifs is 8. The van der Waals surface area contributed by atoms with Crippen molar-refractivity contribution in [3.8, 4) is 22.3 Å². The molecule has 9 rings (SSSR count). The number of hydrogen-bond donors (Lipinski definition) is 2. The summed E-state index contributed by atoms with van der Waals surface area (Å²) in [6.45, 7) is 8.87. The van der Waals surface area contributed by atoms with Crippen LogP contribution in [0.2, 0.25) is 0 Å². The van der Waals surface area contributed by atoms with Gasteiger partial charge in [0.15, 0.2) is 0 Å². The van der Waals surface area contributed by atoms with Crippen LogP contribution in [0.15, 0.2) is 122 Å². The van der Waals surface area contributed by atoms with E-state index in [1.807, 2.05) is 49.6 Å². The molecule has 0 aromatic carbocycles. The van der Waals surface area contributed by atoms with Crippen molar-refractivity contribution in [2.75, 3.05) is 0 Å². The van der Waals surface area contributed by atoms with E-state index in [0.717, 1.165) is 115 Å². The molecular weight excluding hydrogens is 689 g/mol. The van der Waals surface area contributed by atoms with Gasteiger partial charge in [0.05, 0.1) is 22.8 Å². The van der Waals surface area contributed by atoms with E-state index in [9.17, 15) is 0 Å². The van der Waals surface area contributed by atoms with Crippen LogP contribution < -0.4 is 0 Å². The predicted octanol–water partition coefficient (Wildman–Crippen LogP) is 11.1. The fraction of sp³-hybridized carbons (Fsp3) is 0.167. The number of rotatable bonds is 8. The molecule has 0 unspecified atom stereocenters. The Morgan fingerprint density at radius 2 is 0.696 bits per heavy atom. The summed E-state index contributed by atoms with van der Waals surface area (Å²) in [5, 5.41) is 0. The number of allylic oxidation sites excluding steroid dienone is 2. The van der Waals surface area contributed by atoms with E-state index in [1.165, 1.54) is 22.3 Å². The topological polar surface area (TPSA) is 109 Å². The second-order valence-electron chi connectivity index (χ2n) is 14.0. The van der Waals surface area contributed by atoms with Crippen LogP contribution in [0.1, 0.15) is 85.6 Å². The molecule has 7 aromatic rings. The van der Waals surface area contributed by atoms with Gasteiger partial charge in [-0.1, -0.05) is 27.7 Å². The predicted molar refractivity (Wildman–Crippen MR) is 227 cm³/mol. The van der Waals surface area contributed by atoms with Crippen LogP contribution in [0.3, 0.4) is 0 Å². The fourth-order valence-electron chi connectivity index (χ4n) is 8.52. The normalized spacial score (nSPS) is 12.8. The average molecular weight is 731 g/mol. The van der Waals surface area contributed by atoms with Gasteiger partial charge in [0.25, 0.3) is 0 Å². The van der Waals surface area contributed by atoms with Gasteiger partial charge >= 0.3 is 0 Å². The Morgan fingerprint density at radius 3 is 1.05 bits per heavy atom. The zero-order valence-electron chi connectivity index (χ0n) is 32.1. The molecule has 0 aliphatic carbocycles. The first-order valence-corrected chi connectivity index (χ1v) is 19.5. The van der Waals surface area contributed by atoms with E-state index in [-0.39, 0.29) is 0 Å². The molecule has 0 atom stereocenters. The summed E-state index contributed by atoms with van der Waals surface area (Å²) < 4.78 is 0. The second-order valence-corrected chi connectivity index (χ2v) is 14.0. The molecule has 2 aliphatic heterocycles. The van der Waals surface area contributed by atoms with Gasteiger partial charge in [0.1, 0.15) is 0 Å². The van der Waals surface area contributed by atoms with E-state index in [1.54, 1.807) is 0 Å². The number of aryl methyl sites for hydroxylation is 2. The lowest BCUT2D eigenvalue weighted by molar-refractivity contribution is 1.16. The molecule has 2 aliphatic rings. The van der Waals surface area contributed by atoms with Crippen molar-refractivity contribution in [2.24, 2.45) is 0 Å². The molecule has 0 spiro atoms. The van der Waals surface area contributed by atoms with Gasteiger partial charge in [-0.15, -0.1) is 0 Å². The summed E-state index contributed by atoms with van der Waals surface area (Å²) >= 11 is 0. The highest BCUT2D eigenvalue weighted by Crippen LogP contribution is 2.42. The number of pyridine rings is 4. The molecule has 2 N–H and O–H groups in total. The van der Waals surface area contributed by atoms with E-state index < -0.39 is 0 Å². The van der Waals surface area contributed by atoms with Crippen LogP contribution in [0.5, 0.6) is 0 Å². The quantitative estimate of drug-likeness (QED) is 0.161. The maximum atomic E-state index is 5.48.